The fraction of sp³-hybridized carbons (Fsp3) is 0.800. The van der Waals surface area contributed by atoms with Gasteiger partial charge in [-0.05, 0) is 25.8 Å². The van der Waals surface area contributed by atoms with E-state index in [-0.39, 0.29) is 0 Å². The molecule has 1 aromatic heterocycles. The Morgan fingerprint density at radius 3 is 2.79 bits per heavy atom. The lowest BCUT2D eigenvalue weighted by molar-refractivity contribution is 0.0928. The van der Waals surface area contributed by atoms with E-state index in [1.807, 2.05) is 4.68 Å². The highest BCUT2D eigenvalue weighted by Crippen LogP contribution is 2.30. The molecule has 1 aliphatic carbocycles. The minimum absolute atomic E-state index is 0.407. The monoisotopic (exact) mass is 262 g/mol. The van der Waals surface area contributed by atoms with Crippen molar-refractivity contribution in [3.05, 3.63) is 17.5 Å². The topological polar surface area (TPSA) is 33.1 Å². The molecule has 1 saturated heterocycles. The van der Waals surface area contributed by atoms with Crippen molar-refractivity contribution in [2.24, 2.45) is 7.05 Å². The normalized spacial score (nSPS) is 23.9. The predicted molar refractivity (Wildman–Crippen MR) is 77.0 cm³/mol. The summed E-state index contributed by atoms with van der Waals surface area (Å²) in [6, 6.07) is 2.22. The molecule has 4 heteroatoms. The second kappa shape index (κ2) is 5.25. The largest absolute Gasteiger partial charge is 0.309 e. The van der Waals surface area contributed by atoms with Crippen LogP contribution in [0.5, 0.6) is 0 Å². The van der Waals surface area contributed by atoms with Crippen molar-refractivity contribution < 1.29 is 0 Å². The van der Waals surface area contributed by atoms with Crippen LogP contribution in [0.4, 0.5) is 0 Å². The molecule has 1 spiro atoms. The molecule has 2 fully saturated rings. The molecule has 1 N–H and O–H groups in total. The highest BCUT2D eigenvalue weighted by atomic mass is 15.3. The van der Waals surface area contributed by atoms with E-state index in [4.69, 9.17) is 0 Å². The summed E-state index contributed by atoms with van der Waals surface area (Å²) in [5, 5.41) is 8.26. The van der Waals surface area contributed by atoms with Gasteiger partial charge in [0.05, 0.1) is 11.4 Å². The van der Waals surface area contributed by atoms with E-state index in [0.717, 1.165) is 25.3 Å². The Labute approximate surface area is 116 Å². The van der Waals surface area contributed by atoms with Crippen LogP contribution in [0, 0.1) is 6.92 Å². The lowest BCUT2D eigenvalue weighted by Gasteiger charge is -2.46. The summed E-state index contributed by atoms with van der Waals surface area (Å²) >= 11 is 0. The Kier molecular flexibility index (Phi) is 3.63. The second-order valence-corrected chi connectivity index (χ2v) is 6.38. The van der Waals surface area contributed by atoms with Gasteiger partial charge in [-0.25, -0.2) is 0 Å². The second-order valence-electron chi connectivity index (χ2n) is 6.38. The van der Waals surface area contributed by atoms with E-state index < -0.39 is 0 Å². The summed E-state index contributed by atoms with van der Waals surface area (Å²) in [5.74, 6) is 0. The van der Waals surface area contributed by atoms with Gasteiger partial charge in [-0.3, -0.25) is 9.58 Å². The third kappa shape index (κ3) is 2.84. The van der Waals surface area contributed by atoms with Gasteiger partial charge in [0.2, 0.25) is 0 Å². The molecule has 0 aromatic carbocycles. The van der Waals surface area contributed by atoms with Crippen LogP contribution >= 0.6 is 0 Å². The van der Waals surface area contributed by atoms with E-state index in [1.54, 1.807) is 0 Å². The lowest BCUT2D eigenvalue weighted by atomic mass is 9.80. The number of nitrogens with one attached hydrogen (secondary N) is 1. The number of aromatic nitrogens is 2. The molecular weight excluding hydrogens is 236 g/mol. The van der Waals surface area contributed by atoms with Gasteiger partial charge in [0.25, 0.3) is 0 Å². The number of aryl methyl sites for hydroxylation is 2. The van der Waals surface area contributed by atoms with Crippen LogP contribution in [0.3, 0.4) is 0 Å². The first-order valence-electron chi connectivity index (χ1n) is 7.64. The zero-order valence-electron chi connectivity index (χ0n) is 12.3. The van der Waals surface area contributed by atoms with Crippen molar-refractivity contribution in [1.82, 2.24) is 20.0 Å². The molecule has 4 nitrogen and oxygen atoms in total. The minimum atomic E-state index is 0.407. The van der Waals surface area contributed by atoms with Crippen LogP contribution in [0.15, 0.2) is 6.07 Å². The highest BCUT2D eigenvalue weighted by Gasteiger charge is 2.36. The Balaban J connectivity index is 1.66. The van der Waals surface area contributed by atoms with Gasteiger partial charge in [0.15, 0.2) is 0 Å². The summed E-state index contributed by atoms with van der Waals surface area (Å²) in [7, 11) is 2.06. The molecule has 2 aliphatic rings. The molecule has 0 amide bonds. The summed E-state index contributed by atoms with van der Waals surface area (Å²) in [4.78, 5) is 2.61. The molecule has 19 heavy (non-hydrogen) atoms. The van der Waals surface area contributed by atoms with Crippen molar-refractivity contribution in [2.45, 2.75) is 51.1 Å². The fourth-order valence-corrected chi connectivity index (χ4v) is 3.78. The standard InChI is InChI=1S/C15H26N4/c1-13-10-14(18(2)17-13)11-19-9-8-16-15(12-19)6-4-3-5-7-15/h10,16H,3-9,11-12H2,1-2H3. The Hall–Kier alpha value is -0.870. The fourth-order valence-electron chi connectivity index (χ4n) is 3.78. The van der Waals surface area contributed by atoms with Crippen molar-refractivity contribution in [2.75, 3.05) is 19.6 Å². The average Bonchev–Trinajstić information content (AvgIpc) is 2.69. The number of hydrogen-bond acceptors (Lipinski definition) is 3. The maximum Gasteiger partial charge on any atom is 0.0597 e. The third-order valence-electron chi connectivity index (χ3n) is 4.75. The first kappa shape index (κ1) is 13.1. The van der Waals surface area contributed by atoms with Crippen LogP contribution in [-0.4, -0.2) is 39.9 Å². The van der Waals surface area contributed by atoms with Crippen molar-refractivity contribution >= 4 is 0 Å². The lowest BCUT2D eigenvalue weighted by Crippen LogP contribution is -2.60. The number of piperazine rings is 1. The first-order chi connectivity index (χ1) is 9.17. The summed E-state index contributed by atoms with van der Waals surface area (Å²) in [6.45, 7) is 6.62. The van der Waals surface area contributed by atoms with E-state index in [0.29, 0.717) is 5.54 Å². The molecule has 3 rings (SSSR count). The van der Waals surface area contributed by atoms with Gasteiger partial charge in [-0.2, -0.15) is 5.10 Å². The smallest absolute Gasteiger partial charge is 0.0597 e. The summed E-state index contributed by atoms with van der Waals surface area (Å²) < 4.78 is 2.03. The van der Waals surface area contributed by atoms with Gasteiger partial charge < -0.3 is 5.32 Å². The van der Waals surface area contributed by atoms with Gasteiger partial charge in [0, 0.05) is 38.8 Å². The number of rotatable bonds is 2. The highest BCUT2D eigenvalue weighted by molar-refractivity contribution is 5.09. The summed E-state index contributed by atoms with van der Waals surface area (Å²) in [5.41, 5.74) is 2.87. The van der Waals surface area contributed by atoms with Crippen LogP contribution in [0.2, 0.25) is 0 Å². The maximum atomic E-state index is 4.45. The minimum Gasteiger partial charge on any atom is -0.309 e. The zero-order chi connectivity index (χ0) is 13.3. The Morgan fingerprint density at radius 2 is 2.11 bits per heavy atom. The van der Waals surface area contributed by atoms with Crippen LogP contribution < -0.4 is 5.32 Å². The molecule has 1 aromatic rings. The van der Waals surface area contributed by atoms with E-state index in [1.165, 1.54) is 44.3 Å². The summed E-state index contributed by atoms with van der Waals surface area (Å²) in [6.07, 6.45) is 6.92. The molecule has 106 valence electrons. The molecule has 0 bridgehead atoms. The molecule has 2 heterocycles. The average molecular weight is 262 g/mol. The van der Waals surface area contributed by atoms with Gasteiger partial charge in [0.1, 0.15) is 0 Å². The third-order valence-corrected chi connectivity index (χ3v) is 4.75. The molecular formula is C15H26N4. The van der Waals surface area contributed by atoms with Crippen molar-refractivity contribution in [3.8, 4) is 0 Å². The van der Waals surface area contributed by atoms with Crippen LogP contribution in [-0.2, 0) is 13.6 Å². The predicted octanol–water partition coefficient (Wildman–Crippen LogP) is 1.84. The molecule has 0 atom stereocenters. The Morgan fingerprint density at radius 1 is 1.32 bits per heavy atom. The van der Waals surface area contributed by atoms with E-state index in [2.05, 4.69) is 35.4 Å². The number of nitrogens with zero attached hydrogens (tertiary/aromatic N) is 3. The van der Waals surface area contributed by atoms with Gasteiger partial charge in [-0.1, -0.05) is 19.3 Å². The van der Waals surface area contributed by atoms with Crippen LogP contribution in [0.25, 0.3) is 0 Å². The van der Waals surface area contributed by atoms with Crippen molar-refractivity contribution in [3.63, 3.8) is 0 Å². The SMILES string of the molecule is Cc1cc(CN2CCNC3(CCCCC3)C2)n(C)n1. The number of hydrogen-bond donors (Lipinski definition) is 1. The molecule has 0 unspecified atom stereocenters. The van der Waals surface area contributed by atoms with Crippen molar-refractivity contribution in [1.29, 1.82) is 0 Å². The maximum absolute atomic E-state index is 4.45. The zero-order valence-corrected chi connectivity index (χ0v) is 12.3. The van der Waals surface area contributed by atoms with E-state index in [9.17, 15) is 0 Å². The van der Waals surface area contributed by atoms with Gasteiger partial charge in [-0.15, -0.1) is 0 Å². The molecule has 1 saturated carbocycles. The van der Waals surface area contributed by atoms with Crippen LogP contribution in [0.1, 0.15) is 43.5 Å². The first-order valence-corrected chi connectivity index (χ1v) is 7.64. The molecule has 0 radical (unpaired) electrons. The van der Waals surface area contributed by atoms with E-state index >= 15 is 0 Å². The molecule has 1 aliphatic heterocycles. The quantitative estimate of drug-likeness (QED) is 0.883. The Bertz CT molecular complexity index is 426. The van der Waals surface area contributed by atoms with Gasteiger partial charge >= 0.3 is 0 Å².